The Balaban J connectivity index is 1.87. The lowest BCUT2D eigenvalue weighted by molar-refractivity contribution is 0.519. The quantitative estimate of drug-likeness (QED) is 0.505. The van der Waals surface area contributed by atoms with E-state index in [1.807, 2.05) is 22.9 Å². The second kappa shape index (κ2) is 7.01. The lowest BCUT2D eigenvalue weighted by atomic mass is 10.1. The highest BCUT2D eigenvalue weighted by Gasteiger charge is 2.23. The van der Waals surface area contributed by atoms with Crippen molar-refractivity contribution in [3.05, 3.63) is 59.3 Å². The van der Waals surface area contributed by atoms with Gasteiger partial charge in [-0.2, -0.15) is 11.3 Å². The summed E-state index contributed by atoms with van der Waals surface area (Å²) in [6.45, 7) is 0. The van der Waals surface area contributed by atoms with E-state index in [0.29, 0.717) is 11.3 Å². The number of H-pyrrole nitrogens is 1. The van der Waals surface area contributed by atoms with E-state index in [9.17, 15) is 12.8 Å². The fourth-order valence-electron chi connectivity index (χ4n) is 2.97. The standard InChI is InChI=1S/C19H17FN4O2S2/c1-24(2)28(25,26)17-9-13(20)3-4-15(17)23-16-10-22-19-18(16)14(5-7-21-19)12-6-8-27-11-12/h3-11,23H,1-2H3,(H,21,22). The molecule has 9 heteroatoms. The number of nitrogens with zero attached hydrogens (tertiary/aromatic N) is 2. The first kappa shape index (κ1) is 18.6. The van der Waals surface area contributed by atoms with Crippen LogP contribution in [0.4, 0.5) is 15.8 Å². The van der Waals surface area contributed by atoms with E-state index in [0.717, 1.165) is 26.9 Å². The molecular weight excluding hydrogens is 399 g/mol. The molecule has 144 valence electrons. The number of sulfonamides is 1. The zero-order chi connectivity index (χ0) is 19.9. The molecule has 28 heavy (non-hydrogen) atoms. The molecule has 0 spiro atoms. The Hall–Kier alpha value is -2.75. The number of halogens is 1. The van der Waals surface area contributed by atoms with Gasteiger partial charge in [-0.05, 0) is 52.2 Å². The van der Waals surface area contributed by atoms with Crippen LogP contribution in [0, 0.1) is 5.82 Å². The van der Waals surface area contributed by atoms with Gasteiger partial charge in [0.15, 0.2) is 0 Å². The molecule has 0 aliphatic heterocycles. The van der Waals surface area contributed by atoms with Gasteiger partial charge in [0.1, 0.15) is 16.4 Å². The first-order valence-corrected chi connectivity index (χ1v) is 10.7. The van der Waals surface area contributed by atoms with Crippen molar-refractivity contribution in [3.63, 3.8) is 0 Å². The maximum Gasteiger partial charge on any atom is 0.244 e. The minimum atomic E-state index is -3.83. The maximum atomic E-state index is 13.8. The highest BCUT2D eigenvalue weighted by atomic mass is 32.2. The SMILES string of the molecule is CN(C)S(=O)(=O)c1cc(F)ccc1Nc1c[nH]c2nccc(-c3ccsc3)c12. The Morgan fingerprint density at radius 2 is 2.00 bits per heavy atom. The van der Waals surface area contributed by atoms with Crippen LogP contribution in [0.2, 0.25) is 0 Å². The zero-order valence-corrected chi connectivity index (χ0v) is 16.7. The summed E-state index contributed by atoms with van der Waals surface area (Å²) in [5.74, 6) is -0.620. The van der Waals surface area contributed by atoms with E-state index < -0.39 is 15.8 Å². The molecule has 2 N–H and O–H groups in total. The second-order valence-electron chi connectivity index (χ2n) is 6.35. The molecule has 0 aliphatic carbocycles. The molecule has 3 heterocycles. The van der Waals surface area contributed by atoms with Gasteiger partial charge in [0.2, 0.25) is 10.0 Å². The van der Waals surface area contributed by atoms with Crippen molar-refractivity contribution in [2.45, 2.75) is 4.90 Å². The molecule has 0 amide bonds. The van der Waals surface area contributed by atoms with Crippen molar-refractivity contribution >= 4 is 43.8 Å². The molecule has 0 atom stereocenters. The third-order valence-electron chi connectivity index (χ3n) is 4.38. The molecule has 0 fully saturated rings. The van der Waals surface area contributed by atoms with Gasteiger partial charge in [-0.15, -0.1) is 0 Å². The van der Waals surface area contributed by atoms with Crippen LogP contribution in [0.25, 0.3) is 22.2 Å². The van der Waals surface area contributed by atoms with E-state index in [1.54, 1.807) is 23.7 Å². The van der Waals surface area contributed by atoms with Crippen molar-refractivity contribution in [1.82, 2.24) is 14.3 Å². The molecule has 0 saturated heterocycles. The van der Waals surface area contributed by atoms with Crippen molar-refractivity contribution in [2.75, 3.05) is 19.4 Å². The van der Waals surface area contributed by atoms with Crippen molar-refractivity contribution in [3.8, 4) is 11.1 Å². The van der Waals surface area contributed by atoms with Crippen LogP contribution in [0.5, 0.6) is 0 Å². The molecule has 1 aromatic carbocycles. The number of aromatic nitrogens is 2. The molecule has 0 unspecified atom stereocenters. The summed E-state index contributed by atoms with van der Waals surface area (Å²) >= 11 is 1.59. The molecule has 3 aromatic heterocycles. The third kappa shape index (κ3) is 3.17. The highest BCUT2D eigenvalue weighted by Crippen LogP contribution is 2.36. The molecule has 0 bridgehead atoms. The van der Waals surface area contributed by atoms with E-state index in [2.05, 4.69) is 15.3 Å². The first-order valence-electron chi connectivity index (χ1n) is 8.35. The number of aromatic amines is 1. The van der Waals surface area contributed by atoms with Crippen LogP contribution in [0.15, 0.2) is 58.4 Å². The van der Waals surface area contributed by atoms with Crippen molar-refractivity contribution in [2.24, 2.45) is 0 Å². The monoisotopic (exact) mass is 416 g/mol. The van der Waals surface area contributed by atoms with E-state index in [-0.39, 0.29) is 10.6 Å². The lowest BCUT2D eigenvalue weighted by Gasteiger charge is -2.16. The van der Waals surface area contributed by atoms with Crippen LogP contribution in [0.1, 0.15) is 0 Å². The Bertz CT molecular complexity index is 1250. The molecular formula is C19H17FN4O2S2. The zero-order valence-electron chi connectivity index (χ0n) is 15.1. The number of rotatable bonds is 5. The van der Waals surface area contributed by atoms with Gasteiger partial charge in [0, 0.05) is 26.5 Å². The molecule has 4 aromatic rings. The summed E-state index contributed by atoms with van der Waals surface area (Å²) in [4.78, 5) is 7.32. The average Bonchev–Trinajstić information content (AvgIpc) is 3.33. The summed E-state index contributed by atoms with van der Waals surface area (Å²) in [5, 5.41) is 8.00. The van der Waals surface area contributed by atoms with Crippen LogP contribution in [-0.2, 0) is 10.0 Å². The predicted octanol–water partition coefficient (Wildman–Crippen LogP) is 4.42. The Labute approximate surface area is 165 Å². The van der Waals surface area contributed by atoms with Gasteiger partial charge in [0.05, 0.1) is 16.8 Å². The number of thiophene rings is 1. The number of pyridine rings is 1. The lowest BCUT2D eigenvalue weighted by Crippen LogP contribution is -2.23. The summed E-state index contributed by atoms with van der Waals surface area (Å²) in [7, 11) is -1.01. The van der Waals surface area contributed by atoms with Gasteiger partial charge < -0.3 is 10.3 Å². The molecule has 0 radical (unpaired) electrons. The third-order valence-corrected chi connectivity index (χ3v) is 6.92. The first-order chi connectivity index (χ1) is 13.4. The summed E-state index contributed by atoms with van der Waals surface area (Å²) in [6.07, 6.45) is 3.44. The van der Waals surface area contributed by atoms with Gasteiger partial charge in [-0.25, -0.2) is 22.1 Å². The summed E-state index contributed by atoms with van der Waals surface area (Å²) in [6, 6.07) is 7.58. The Morgan fingerprint density at radius 1 is 1.18 bits per heavy atom. The largest absolute Gasteiger partial charge is 0.353 e. The summed E-state index contributed by atoms with van der Waals surface area (Å²) < 4.78 is 40.2. The van der Waals surface area contributed by atoms with Gasteiger partial charge in [-0.1, -0.05) is 0 Å². The van der Waals surface area contributed by atoms with Crippen LogP contribution in [-0.4, -0.2) is 36.8 Å². The van der Waals surface area contributed by atoms with Gasteiger partial charge >= 0.3 is 0 Å². The molecule has 4 rings (SSSR count). The number of hydrogen-bond acceptors (Lipinski definition) is 5. The van der Waals surface area contributed by atoms with Crippen molar-refractivity contribution in [1.29, 1.82) is 0 Å². The Morgan fingerprint density at radius 3 is 2.71 bits per heavy atom. The van der Waals surface area contributed by atoms with Gasteiger partial charge in [-0.3, -0.25) is 0 Å². The summed E-state index contributed by atoms with van der Waals surface area (Å²) in [5.41, 5.74) is 3.63. The van der Waals surface area contributed by atoms with Crippen LogP contribution < -0.4 is 5.32 Å². The fraction of sp³-hybridized carbons (Fsp3) is 0.105. The number of fused-ring (bicyclic) bond motifs is 1. The number of benzene rings is 1. The highest BCUT2D eigenvalue weighted by molar-refractivity contribution is 7.89. The average molecular weight is 417 g/mol. The molecule has 6 nitrogen and oxygen atoms in total. The number of anilines is 2. The molecule has 0 aliphatic rings. The van der Waals surface area contributed by atoms with Gasteiger partial charge in [0.25, 0.3) is 0 Å². The van der Waals surface area contributed by atoms with E-state index in [1.165, 1.54) is 26.2 Å². The molecule has 0 saturated carbocycles. The number of hydrogen-bond donors (Lipinski definition) is 2. The van der Waals surface area contributed by atoms with E-state index in [4.69, 9.17) is 0 Å². The van der Waals surface area contributed by atoms with Crippen LogP contribution in [0.3, 0.4) is 0 Å². The van der Waals surface area contributed by atoms with Crippen molar-refractivity contribution < 1.29 is 12.8 Å². The smallest absolute Gasteiger partial charge is 0.244 e. The second-order valence-corrected chi connectivity index (χ2v) is 9.25. The fourth-order valence-corrected chi connectivity index (χ4v) is 4.68. The normalized spacial score (nSPS) is 12.0. The number of nitrogens with one attached hydrogen (secondary N) is 2. The topological polar surface area (TPSA) is 78.1 Å². The maximum absolute atomic E-state index is 13.8. The van der Waals surface area contributed by atoms with Crippen LogP contribution >= 0.6 is 11.3 Å². The minimum absolute atomic E-state index is 0.132. The predicted molar refractivity (Wildman–Crippen MR) is 110 cm³/mol. The Kier molecular flexibility index (Phi) is 4.66. The minimum Gasteiger partial charge on any atom is -0.353 e. The van der Waals surface area contributed by atoms with E-state index >= 15 is 0 Å².